The molecule has 72 valence electrons. The van der Waals surface area contributed by atoms with Gasteiger partial charge in [0, 0.05) is 0 Å². The van der Waals surface area contributed by atoms with Gasteiger partial charge in [-0.1, -0.05) is 0 Å². The standard InChI is InChI=1S/C4H12N.H3N.H2O4S/c1-5(2,3)4;;1-5(2,3)4/h1-4H3;1H3;(H2,1,2,3,4)/q+1;;. The van der Waals surface area contributed by atoms with Crippen LogP contribution in [0, 0.1) is 0 Å². The summed E-state index contributed by atoms with van der Waals surface area (Å²) >= 11 is 0. The molecule has 6 nitrogen and oxygen atoms in total. The molecule has 0 aromatic rings. The third-order valence-corrected chi connectivity index (χ3v) is 0. The lowest BCUT2D eigenvalue weighted by Crippen LogP contribution is -2.27. The molecule has 0 aromatic carbocycles. The maximum atomic E-state index is 8.74. The molecular formula is C4H17N2O4S+. The van der Waals surface area contributed by atoms with Crippen LogP contribution in [0.3, 0.4) is 0 Å². The van der Waals surface area contributed by atoms with Crippen LogP contribution in [0.15, 0.2) is 0 Å². The van der Waals surface area contributed by atoms with Gasteiger partial charge in [0.25, 0.3) is 0 Å². The Hall–Kier alpha value is -0.210. The second-order valence-electron chi connectivity index (χ2n) is 3.13. The van der Waals surface area contributed by atoms with E-state index in [1.54, 1.807) is 0 Å². The molecule has 0 aliphatic rings. The van der Waals surface area contributed by atoms with E-state index in [1.807, 2.05) is 0 Å². The average molecular weight is 189 g/mol. The van der Waals surface area contributed by atoms with Crippen LogP contribution >= 0.6 is 0 Å². The Morgan fingerprint density at radius 2 is 1.00 bits per heavy atom. The second-order valence-corrected chi connectivity index (χ2v) is 4.03. The molecule has 0 radical (unpaired) electrons. The molecule has 5 N–H and O–H groups in total. The van der Waals surface area contributed by atoms with Gasteiger partial charge in [0.2, 0.25) is 0 Å². The first-order valence-electron chi connectivity index (χ1n) is 2.49. The van der Waals surface area contributed by atoms with Crippen molar-refractivity contribution in [2.75, 3.05) is 28.2 Å². The minimum Gasteiger partial charge on any atom is -0.344 e. The lowest BCUT2D eigenvalue weighted by atomic mass is 10.8. The molecule has 0 bridgehead atoms. The molecule has 11 heavy (non-hydrogen) atoms. The molecule has 0 saturated carbocycles. The molecule has 0 unspecified atom stereocenters. The fourth-order valence-electron chi connectivity index (χ4n) is 0. The van der Waals surface area contributed by atoms with Gasteiger partial charge in [0.05, 0.1) is 28.2 Å². The summed E-state index contributed by atoms with van der Waals surface area (Å²) in [6.45, 7) is 0. The van der Waals surface area contributed by atoms with Crippen molar-refractivity contribution in [3.63, 3.8) is 0 Å². The van der Waals surface area contributed by atoms with E-state index in [9.17, 15) is 0 Å². The van der Waals surface area contributed by atoms with Gasteiger partial charge >= 0.3 is 10.4 Å². The Labute approximate surface area is 67.6 Å². The highest BCUT2D eigenvalue weighted by molar-refractivity contribution is 7.79. The van der Waals surface area contributed by atoms with E-state index >= 15 is 0 Å². The average Bonchev–Trinajstić information content (AvgIpc) is 1.12. The summed E-state index contributed by atoms with van der Waals surface area (Å²) < 4.78 is 32.6. The first-order chi connectivity index (χ1) is 4.00. The molecule has 0 aliphatic carbocycles. The van der Waals surface area contributed by atoms with Crippen molar-refractivity contribution in [3.05, 3.63) is 0 Å². The molecule has 0 spiro atoms. The van der Waals surface area contributed by atoms with E-state index in [-0.39, 0.29) is 6.15 Å². The lowest BCUT2D eigenvalue weighted by molar-refractivity contribution is -0.849. The van der Waals surface area contributed by atoms with E-state index < -0.39 is 10.4 Å². The van der Waals surface area contributed by atoms with Gasteiger partial charge in [-0.2, -0.15) is 8.42 Å². The quantitative estimate of drug-likeness (QED) is 0.362. The molecule has 0 amide bonds. The van der Waals surface area contributed by atoms with Crippen molar-refractivity contribution in [3.8, 4) is 0 Å². The molecule has 0 fully saturated rings. The predicted molar refractivity (Wildman–Crippen MR) is 43.2 cm³/mol. The number of rotatable bonds is 0. The third-order valence-electron chi connectivity index (χ3n) is 0. The molecular weight excluding hydrogens is 172 g/mol. The van der Waals surface area contributed by atoms with E-state index in [4.69, 9.17) is 17.5 Å². The highest BCUT2D eigenvalue weighted by Crippen LogP contribution is 1.73. The lowest BCUT2D eigenvalue weighted by Gasteiger charge is -2.14. The summed E-state index contributed by atoms with van der Waals surface area (Å²) in [5.41, 5.74) is 0. The van der Waals surface area contributed by atoms with Gasteiger partial charge in [0.15, 0.2) is 0 Å². The first kappa shape index (κ1) is 17.0. The van der Waals surface area contributed by atoms with Crippen LogP contribution in [0.1, 0.15) is 0 Å². The Kier molecular flexibility index (Phi) is 8.43. The summed E-state index contributed by atoms with van der Waals surface area (Å²) in [7, 11) is 3.83. The summed E-state index contributed by atoms with van der Waals surface area (Å²) in [5.74, 6) is 0. The Morgan fingerprint density at radius 1 is 1.00 bits per heavy atom. The minimum absolute atomic E-state index is 0. The topological polar surface area (TPSA) is 110 Å². The van der Waals surface area contributed by atoms with Gasteiger partial charge in [-0.15, -0.1) is 0 Å². The van der Waals surface area contributed by atoms with Crippen molar-refractivity contribution < 1.29 is 22.0 Å². The van der Waals surface area contributed by atoms with Crippen LogP contribution in [-0.2, 0) is 10.4 Å². The highest BCUT2D eigenvalue weighted by atomic mass is 32.3. The van der Waals surface area contributed by atoms with Gasteiger partial charge in [0.1, 0.15) is 0 Å². The zero-order valence-electron chi connectivity index (χ0n) is 7.27. The normalized spacial score (nSPS) is 10.7. The Morgan fingerprint density at radius 3 is 1.00 bits per heavy atom. The smallest absolute Gasteiger partial charge is 0.344 e. The summed E-state index contributed by atoms with van der Waals surface area (Å²) in [6.07, 6.45) is 0. The van der Waals surface area contributed by atoms with Crippen LogP contribution in [0.5, 0.6) is 0 Å². The summed E-state index contributed by atoms with van der Waals surface area (Å²) in [4.78, 5) is 0. The van der Waals surface area contributed by atoms with Crippen LogP contribution < -0.4 is 6.15 Å². The van der Waals surface area contributed by atoms with E-state index in [0.717, 1.165) is 4.48 Å². The molecule has 0 aliphatic heterocycles. The molecule has 0 aromatic heterocycles. The number of hydrogen-bond donors (Lipinski definition) is 3. The SMILES string of the molecule is C[N+](C)(C)C.N.O=S(=O)(O)O. The fourth-order valence-corrected chi connectivity index (χ4v) is 0. The van der Waals surface area contributed by atoms with Crippen molar-refractivity contribution >= 4 is 10.4 Å². The Balaban J connectivity index is -0.000000107. The third kappa shape index (κ3) is 13500. The number of hydrogen-bond acceptors (Lipinski definition) is 3. The summed E-state index contributed by atoms with van der Waals surface area (Å²) in [5, 5.41) is 0. The van der Waals surface area contributed by atoms with Crippen molar-refractivity contribution in [1.82, 2.24) is 6.15 Å². The van der Waals surface area contributed by atoms with Crippen molar-refractivity contribution in [2.45, 2.75) is 0 Å². The van der Waals surface area contributed by atoms with E-state index in [1.165, 1.54) is 0 Å². The van der Waals surface area contributed by atoms with Crippen LogP contribution in [0.2, 0.25) is 0 Å². The fraction of sp³-hybridized carbons (Fsp3) is 1.00. The minimum atomic E-state index is -4.67. The monoisotopic (exact) mass is 189 g/mol. The summed E-state index contributed by atoms with van der Waals surface area (Å²) in [6, 6.07) is 0. The number of quaternary nitrogens is 1. The number of nitrogens with zero attached hydrogens (tertiary/aromatic N) is 1. The van der Waals surface area contributed by atoms with Gasteiger partial charge in [-0.05, 0) is 0 Å². The van der Waals surface area contributed by atoms with E-state index in [2.05, 4.69) is 28.2 Å². The van der Waals surface area contributed by atoms with Gasteiger partial charge < -0.3 is 10.6 Å². The van der Waals surface area contributed by atoms with Crippen molar-refractivity contribution in [2.24, 2.45) is 0 Å². The largest absolute Gasteiger partial charge is 0.394 e. The predicted octanol–water partition coefficient (Wildman–Crippen LogP) is -0.168. The van der Waals surface area contributed by atoms with Crippen LogP contribution in [0.4, 0.5) is 0 Å². The van der Waals surface area contributed by atoms with Crippen molar-refractivity contribution in [1.29, 1.82) is 0 Å². The molecule has 0 saturated heterocycles. The maximum Gasteiger partial charge on any atom is 0.394 e. The molecule has 7 heteroatoms. The van der Waals surface area contributed by atoms with Crippen LogP contribution in [-0.4, -0.2) is 50.2 Å². The van der Waals surface area contributed by atoms with Gasteiger partial charge in [-0.25, -0.2) is 0 Å². The second kappa shape index (κ2) is 5.44. The highest BCUT2D eigenvalue weighted by Gasteiger charge is 1.88. The van der Waals surface area contributed by atoms with Gasteiger partial charge in [-0.3, -0.25) is 9.11 Å². The van der Waals surface area contributed by atoms with E-state index in [0.29, 0.717) is 0 Å². The molecule has 0 atom stereocenters. The molecule has 0 heterocycles. The first-order valence-corrected chi connectivity index (χ1v) is 3.88. The molecule has 0 rings (SSSR count). The maximum absolute atomic E-state index is 8.74. The zero-order valence-corrected chi connectivity index (χ0v) is 8.09. The van der Waals surface area contributed by atoms with Crippen LogP contribution in [0.25, 0.3) is 0 Å². The Bertz CT molecular complexity index is 155. The zero-order chi connectivity index (χ0) is 9.00.